The van der Waals surface area contributed by atoms with Crippen LogP contribution in [-0.2, 0) is 4.79 Å². The molecule has 1 aliphatic heterocycles. The van der Waals surface area contributed by atoms with Crippen molar-refractivity contribution in [3.05, 3.63) is 0 Å². The van der Waals surface area contributed by atoms with Crippen molar-refractivity contribution in [1.82, 2.24) is 4.90 Å². The van der Waals surface area contributed by atoms with Crippen LogP contribution in [-0.4, -0.2) is 30.4 Å². The summed E-state index contributed by atoms with van der Waals surface area (Å²) in [5.74, 6) is 1.40. The number of carbonyl (C=O) groups excluding carboxylic acids is 1. The molecule has 1 saturated heterocycles. The molecule has 2 N–H and O–H groups in total. The zero-order chi connectivity index (χ0) is 12.8. The number of amides is 1. The van der Waals surface area contributed by atoms with Crippen molar-refractivity contribution in [2.75, 3.05) is 19.6 Å². The Morgan fingerprint density at radius 3 is 2.06 bits per heavy atom. The Balaban J connectivity index is 1.82. The highest BCUT2D eigenvalue weighted by Crippen LogP contribution is 2.29. The van der Waals surface area contributed by atoms with Gasteiger partial charge in [-0.3, -0.25) is 4.79 Å². The monoisotopic (exact) mass is 252 g/mol. The van der Waals surface area contributed by atoms with E-state index >= 15 is 0 Å². The van der Waals surface area contributed by atoms with Crippen LogP contribution in [0.1, 0.15) is 57.8 Å². The van der Waals surface area contributed by atoms with Gasteiger partial charge in [0.1, 0.15) is 0 Å². The van der Waals surface area contributed by atoms with Crippen LogP contribution in [0.2, 0.25) is 0 Å². The Morgan fingerprint density at radius 1 is 0.944 bits per heavy atom. The first-order valence-electron chi connectivity index (χ1n) is 7.80. The molecular formula is C15H28N2O. The molecule has 1 amide bonds. The molecule has 3 nitrogen and oxygen atoms in total. The van der Waals surface area contributed by atoms with Crippen molar-refractivity contribution in [3.63, 3.8) is 0 Å². The smallest absolute Gasteiger partial charge is 0.225 e. The Hall–Kier alpha value is -0.570. The predicted octanol–water partition coefficient (Wildman–Crippen LogP) is 2.54. The third-order valence-corrected chi connectivity index (χ3v) is 4.70. The summed E-state index contributed by atoms with van der Waals surface area (Å²) in [6.07, 6.45) is 10.8. The van der Waals surface area contributed by atoms with E-state index in [0.29, 0.717) is 17.7 Å². The van der Waals surface area contributed by atoms with Crippen molar-refractivity contribution in [1.29, 1.82) is 0 Å². The molecule has 1 aliphatic carbocycles. The van der Waals surface area contributed by atoms with Crippen LogP contribution in [0.5, 0.6) is 0 Å². The summed E-state index contributed by atoms with van der Waals surface area (Å²) in [7, 11) is 0. The second kappa shape index (κ2) is 7.13. The standard InChI is InChI=1S/C15H28N2O/c16-12-13-6-8-14(9-7-13)15(18)17-10-4-2-1-3-5-11-17/h13-14H,1-12,16H2. The van der Waals surface area contributed by atoms with Gasteiger partial charge >= 0.3 is 0 Å². The first-order chi connectivity index (χ1) is 8.81. The van der Waals surface area contributed by atoms with Crippen molar-refractivity contribution in [2.45, 2.75) is 57.8 Å². The maximum atomic E-state index is 12.5. The Morgan fingerprint density at radius 2 is 1.50 bits per heavy atom. The number of likely N-dealkylation sites (tertiary alicyclic amines) is 1. The summed E-state index contributed by atoms with van der Waals surface area (Å²) in [5, 5.41) is 0. The molecule has 2 fully saturated rings. The number of nitrogens with two attached hydrogens (primary N) is 1. The van der Waals surface area contributed by atoms with E-state index in [1.807, 2.05) is 0 Å². The van der Waals surface area contributed by atoms with Crippen molar-refractivity contribution < 1.29 is 4.79 Å². The maximum absolute atomic E-state index is 12.5. The molecule has 0 aromatic rings. The molecule has 2 aliphatic rings. The summed E-state index contributed by atoms with van der Waals surface area (Å²) in [5.41, 5.74) is 5.71. The van der Waals surface area contributed by atoms with Gasteiger partial charge in [-0.2, -0.15) is 0 Å². The molecular weight excluding hydrogens is 224 g/mol. The van der Waals surface area contributed by atoms with Crippen LogP contribution in [0.15, 0.2) is 0 Å². The van der Waals surface area contributed by atoms with Gasteiger partial charge < -0.3 is 10.6 Å². The van der Waals surface area contributed by atoms with Crippen LogP contribution < -0.4 is 5.73 Å². The molecule has 0 aromatic heterocycles. The van der Waals surface area contributed by atoms with Gasteiger partial charge in [-0.25, -0.2) is 0 Å². The normalized spacial score (nSPS) is 30.6. The fourth-order valence-corrected chi connectivity index (χ4v) is 3.37. The van der Waals surface area contributed by atoms with Crippen molar-refractivity contribution >= 4 is 5.91 Å². The minimum atomic E-state index is 0.298. The first-order valence-corrected chi connectivity index (χ1v) is 7.80. The van der Waals surface area contributed by atoms with Gasteiger partial charge in [-0.15, -0.1) is 0 Å². The SMILES string of the molecule is NCC1CCC(C(=O)N2CCCCCCC2)CC1. The lowest BCUT2D eigenvalue weighted by molar-refractivity contribution is -0.137. The second-order valence-corrected chi connectivity index (χ2v) is 6.05. The van der Waals surface area contributed by atoms with Gasteiger partial charge in [-0.1, -0.05) is 19.3 Å². The summed E-state index contributed by atoms with van der Waals surface area (Å²) in [6, 6.07) is 0. The summed E-state index contributed by atoms with van der Waals surface area (Å²) < 4.78 is 0. The minimum Gasteiger partial charge on any atom is -0.342 e. The fourth-order valence-electron chi connectivity index (χ4n) is 3.37. The molecule has 0 radical (unpaired) electrons. The van der Waals surface area contributed by atoms with E-state index in [1.54, 1.807) is 0 Å². The molecule has 0 spiro atoms. The molecule has 3 heteroatoms. The summed E-state index contributed by atoms with van der Waals surface area (Å²) in [4.78, 5) is 14.7. The predicted molar refractivity (Wildman–Crippen MR) is 74.2 cm³/mol. The van der Waals surface area contributed by atoms with E-state index in [0.717, 1.165) is 45.3 Å². The lowest BCUT2D eigenvalue weighted by atomic mass is 9.81. The third-order valence-electron chi connectivity index (χ3n) is 4.70. The number of hydrogen-bond acceptors (Lipinski definition) is 2. The molecule has 104 valence electrons. The van der Waals surface area contributed by atoms with Crippen LogP contribution in [0.4, 0.5) is 0 Å². The molecule has 1 saturated carbocycles. The first kappa shape index (κ1) is 13.9. The molecule has 1 heterocycles. The topological polar surface area (TPSA) is 46.3 Å². The molecule has 0 unspecified atom stereocenters. The number of rotatable bonds is 2. The quantitative estimate of drug-likeness (QED) is 0.821. The number of nitrogens with zero attached hydrogens (tertiary/aromatic N) is 1. The highest BCUT2D eigenvalue weighted by molar-refractivity contribution is 5.78. The van der Waals surface area contributed by atoms with Gasteiger partial charge in [0.2, 0.25) is 5.91 Å². The Kier molecular flexibility index (Phi) is 5.48. The highest BCUT2D eigenvalue weighted by atomic mass is 16.2. The maximum Gasteiger partial charge on any atom is 0.225 e. The van der Waals surface area contributed by atoms with E-state index in [4.69, 9.17) is 5.73 Å². The second-order valence-electron chi connectivity index (χ2n) is 6.05. The number of carbonyl (C=O) groups is 1. The molecule has 18 heavy (non-hydrogen) atoms. The third kappa shape index (κ3) is 3.71. The van der Waals surface area contributed by atoms with Crippen molar-refractivity contribution in [3.8, 4) is 0 Å². The average Bonchev–Trinajstić information content (AvgIpc) is 2.38. The number of hydrogen-bond donors (Lipinski definition) is 1. The van der Waals surface area contributed by atoms with Gasteiger partial charge in [-0.05, 0) is 51.0 Å². The van der Waals surface area contributed by atoms with E-state index < -0.39 is 0 Å². The molecule has 2 rings (SSSR count). The van der Waals surface area contributed by atoms with Crippen LogP contribution in [0.25, 0.3) is 0 Å². The van der Waals surface area contributed by atoms with Gasteiger partial charge in [0.15, 0.2) is 0 Å². The van der Waals surface area contributed by atoms with E-state index in [9.17, 15) is 4.79 Å². The summed E-state index contributed by atoms with van der Waals surface area (Å²) in [6.45, 7) is 2.79. The lowest BCUT2D eigenvalue weighted by Crippen LogP contribution is -2.40. The van der Waals surface area contributed by atoms with Gasteiger partial charge in [0.25, 0.3) is 0 Å². The zero-order valence-electron chi connectivity index (χ0n) is 11.6. The average molecular weight is 252 g/mol. The summed E-state index contributed by atoms with van der Waals surface area (Å²) >= 11 is 0. The van der Waals surface area contributed by atoms with Crippen LogP contribution in [0, 0.1) is 11.8 Å². The largest absolute Gasteiger partial charge is 0.342 e. The van der Waals surface area contributed by atoms with Crippen LogP contribution >= 0.6 is 0 Å². The van der Waals surface area contributed by atoms with Gasteiger partial charge in [0, 0.05) is 19.0 Å². The van der Waals surface area contributed by atoms with Crippen molar-refractivity contribution in [2.24, 2.45) is 17.6 Å². The molecule has 0 atom stereocenters. The zero-order valence-corrected chi connectivity index (χ0v) is 11.6. The molecule has 0 aromatic carbocycles. The lowest BCUT2D eigenvalue weighted by Gasteiger charge is -2.32. The van der Waals surface area contributed by atoms with Gasteiger partial charge in [0.05, 0.1) is 0 Å². The van der Waals surface area contributed by atoms with Crippen LogP contribution in [0.3, 0.4) is 0 Å². The molecule has 0 bridgehead atoms. The van der Waals surface area contributed by atoms with E-state index in [-0.39, 0.29) is 0 Å². The Labute approximate surface area is 111 Å². The minimum absolute atomic E-state index is 0.298. The fraction of sp³-hybridized carbons (Fsp3) is 0.933. The van der Waals surface area contributed by atoms with E-state index in [2.05, 4.69) is 4.90 Å². The highest BCUT2D eigenvalue weighted by Gasteiger charge is 2.28. The Bertz CT molecular complexity index is 251. The van der Waals surface area contributed by atoms with E-state index in [1.165, 1.54) is 32.1 Å².